The Balaban J connectivity index is 2.32. The molecule has 1 N–H and O–H groups in total. The van der Waals surface area contributed by atoms with Crippen LogP contribution >= 0.6 is 11.8 Å². The molecule has 1 aliphatic rings. The van der Waals surface area contributed by atoms with Gasteiger partial charge in [-0.15, -0.1) is 0 Å². The number of ether oxygens (including phenoxy) is 1. The summed E-state index contributed by atoms with van der Waals surface area (Å²) in [4.78, 5) is 13.6. The lowest BCUT2D eigenvalue weighted by Crippen LogP contribution is -2.38. The van der Waals surface area contributed by atoms with Gasteiger partial charge in [0, 0.05) is 25.3 Å². The van der Waals surface area contributed by atoms with Gasteiger partial charge in [0.15, 0.2) is 0 Å². The molecule has 0 amide bonds. The molecular formula is C12H23NO3S. The molecule has 1 saturated heterocycles. The average Bonchev–Trinajstić information content (AvgIpc) is 2.64. The topological polar surface area (TPSA) is 49.8 Å². The van der Waals surface area contributed by atoms with Crippen LogP contribution in [-0.2, 0) is 9.53 Å². The van der Waals surface area contributed by atoms with Gasteiger partial charge in [-0.3, -0.25) is 9.69 Å². The molecule has 100 valence electrons. The largest absolute Gasteiger partial charge is 0.468 e. The Morgan fingerprint density at radius 1 is 1.59 bits per heavy atom. The van der Waals surface area contributed by atoms with Crippen molar-refractivity contribution in [3.63, 3.8) is 0 Å². The van der Waals surface area contributed by atoms with Gasteiger partial charge in [0.2, 0.25) is 0 Å². The third-order valence-corrected chi connectivity index (χ3v) is 4.20. The molecule has 1 fully saturated rings. The number of aliphatic hydroxyl groups excluding tert-OH is 1. The monoisotopic (exact) mass is 261 g/mol. The van der Waals surface area contributed by atoms with Gasteiger partial charge in [-0.2, -0.15) is 11.8 Å². The number of likely N-dealkylation sites (tertiary alicyclic amines) is 1. The zero-order valence-corrected chi connectivity index (χ0v) is 11.7. The van der Waals surface area contributed by atoms with Crippen LogP contribution in [0, 0.1) is 5.92 Å². The molecule has 0 aromatic rings. The molecule has 1 rings (SSSR count). The molecule has 0 radical (unpaired) electrons. The van der Waals surface area contributed by atoms with E-state index in [9.17, 15) is 9.90 Å². The highest BCUT2D eigenvalue weighted by molar-refractivity contribution is 7.99. The maximum absolute atomic E-state index is 11.5. The summed E-state index contributed by atoms with van der Waals surface area (Å²) in [7, 11) is 1.40. The number of β-amino-alcohol motifs (C(OH)–C–C–N with tert-alkyl or cyclic N) is 1. The molecule has 0 saturated carbocycles. The van der Waals surface area contributed by atoms with Crippen LogP contribution in [0.4, 0.5) is 0 Å². The van der Waals surface area contributed by atoms with Gasteiger partial charge in [0.05, 0.1) is 13.2 Å². The van der Waals surface area contributed by atoms with E-state index in [1.54, 1.807) is 0 Å². The number of aliphatic hydroxyl groups is 1. The maximum Gasteiger partial charge on any atom is 0.323 e. The minimum absolute atomic E-state index is 0.226. The molecule has 0 aromatic carbocycles. The summed E-state index contributed by atoms with van der Waals surface area (Å²) in [5, 5.41) is 9.60. The van der Waals surface area contributed by atoms with Crippen LogP contribution in [0.2, 0.25) is 0 Å². The Morgan fingerprint density at radius 2 is 2.29 bits per heavy atom. The fourth-order valence-electron chi connectivity index (χ4n) is 2.01. The number of carbonyl (C=O) groups is 1. The number of esters is 1. The number of rotatable bonds is 6. The first-order chi connectivity index (χ1) is 8.04. The summed E-state index contributed by atoms with van der Waals surface area (Å²) in [6.07, 6.45) is 0.107. The molecule has 1 heterocycles. The molecule has 4 nitrogen and oxygen atoms in total. The molecule has 0 spiro atoms. The highest BCUT2D eigenvalue weighted by atomic mass is 32.2. The van der Waals surface area contributed by atoms with Crippen molar-refractivity contribution in [2.45, 2.75) is 32.4 Å². The van der Waals surface area contributed by atoms with Gasteiger partial charge in [-0.05, 0) is 11.7 Å². The number of nitrogens with zero attached hydrogens (tertiary/aromatic N) is 1. The minimum Gasteiger partial charge on any atom is -0.468 e. The molecule has 5 heteroatoms. The van der Waals surface area contributed by atoms with E-state index in [1.165, 1.54) is 7.11 Å². The molecule has 0 aliphatic carbocycles. The maximum atomic E-state index is 11.5. The lowest BCUT2D eigenvalue weighted by Gasteiger charge is -2.21. The zero-order valence-electron chi connectivity index (χ0n) is 10.9. The van der Waals surface area contributed by atoms with E-state index in [4.69, 9.17) is 4.74 Å². The first-order valence-electron chi connectivity index (χ1n) is 6.12. The standard InChI is InChI=1S/C12H23NO3S/c1-9(2)8-17-5-4-13-7-10(14)6-11(13)12(15)16-3/h9-11,14H,4-8H2,1-3H3/t10-,11+/m1/s1. The minimum atomic E-state index is -0.394. The molecule has 0 bridgehead atoms. The Kier molecular flexibility index (Phi) is 6.30. The summed E-state index contributed by atoms with van der Waals surface area (Å²) in [5.41, 5.74) is 0. The zero-order chi connectivity index (χ0) is 12.8. The summed E-state index contributed by atoms with van der Waals surface area (Å²) in [6, 6.07) is -0.255. The third kappa shape index (κ3) is 4.85. The van der Waals surface area contributed by atoms with Crippen molar-refractivity contribution in [3.05, 3.63) is 0 Å². The lowest BCUT2D eigenvalue weighted by atomic mass is 10.2. The van der Waals surface area contributed by atoms with E-state index in [0.717, 1.165) is 18.1 Å². The summed E-state index contributed by atoms with van der Waals surface area (Å²) >= 11 is 1.90. The quantitative estimate of drug-likeness (QED) is 0.570. The fraction of sp³-hybridized carbons (Fsp3) is 0.917. The number of thioether (sulfide) groups is 1. The number of hydrogen-bond donors (Lipinski definition) is 1. The van der Waals surface area contributed by atoms with Gasteiger partial charge in [-0.1, -0.05) is 13.8 Å². The number of methoxy groups -OCH3 is 1. The fourth-order valence-corrected chi connectivity index (χ4v) is 3.01. The van der Waals surface area contributed by atoms with Gasteiger partial charge >= 0.3 is 5.97 Å². The normalized spacial score (nSPS) is 25.5. The van der Waals surface area contributed by atoms with E-state index in [2.05, 4.69) is 13.8 Å². The first kappa shape index (κ1) is 14.8. The van der Waals surface area contributed by atoms with E-state index in [-0.39, 0.29) is 12.0 Å². The van der Waals surface area contributed by atoms with Crippen molar-refractivity contribution in [3.8, 4) is 0 Å². The van der Waals surface area contributed by atoms with Crippen molar-refractivity contribution in [2.75, 3.05) is 31.7 Å². The highest BCUT2D eigenvalue weighted by Crippen LogP contribution is 2.19. The Morgan fingerprint density at radius 3 is 2.88 bits per heavy atom. The molecular weight excluding hydrogens is 238 g/mol. The van der Waals surface area contributed by atoms with Crippen LogP contribution < -0.4 is 0 Å². The van der Waals surface area contributed by atoms with Gasteiger partial charge in [-0.25, -0.2) is 0 Å². The second-order valence-corrected chi connectivity index (χ2v) is 6.04. The van der Waals surface area contributed by atoms with Gasteiger partial charge in [0.25, 0.3) is 0 Å². The van der Waals surface area contributed by atoms with E-state index >= 15 is 0 Å². The summed E-state index contributed by atoms with van der Waals surface area (Å²) < 4.78 is 4.76. The van der Waals surface area contributed by atoms with Crippen LogP contribution in [0.1, 0.15) is 20.3 Å². The Hall–Kier alpha value is -0.260. The average molecular weight is 261 g/mol. The van der Waals surface area contributed by atoms with Crippen LogP contribution in [0.25, 0.3) is 0 Å². The van der Waals surface area contributed by atoms with E-state index in [1.807, 2.05) is 16.7 Å². The smallest absolute Gasteiger partial charge is 0.323 e. The van der Waals surface area contributed by atoms with E-state index < -0.39 is 6.10 Å². The molecule has 0 unspecified atom stereocenters. The van der Waals surface area contributed by atoms with E-state index in [0.29, 0.717) is 18.9 Å². The number of hydrogen-bond acceptors (Lipinski definition) is 5. The van der Waals surface area contributed by atoms with Crippen molar-refractivity contribution in [2.24, 2.45) is 5.92 Å². The van der Waals surface area contributed by atoms with Crippen molar-refractivity contribution < 1.29 is 14.6 Å². The first-order valence-corrected chi connectivity index (χ1v) is 7.27. The summed E-state index contributed by atoms with van der Waals surface area (Å²) in [6.45, 7) is 5.82. The number of carbonyl (C=O) groups excluding carboxylic acids is 1. The van der Waals surface area contributed by atoms with Crippen molar-refractivity contribution in [1.82, 2.24) is 4.90 Å². The highest BCUT2D eigenvalue weighted by Gasteiger charge is 2.36. The molecule has 17 heavy (non-hydrogen) atoms. The molecule has 0 aromatic heterocycles. The molecule has 1 aliphatic heterocycles. The SMILES string of the molecule is COC(=O)[C@@H]1C[C@@H](O)CN1CCSCC(C)C. The van der Waals surface area contributed by atoms with Gasteiger partial charge in [0.1, 0.15) is 6.04 Å². The van der Waals surface area contributed by atoms with Gasteiger partial charge < -0.3 is 9.84 Å². The molecule has 2 atom stereocenters. The Labute approximate surface area is 108 Å². The second kappa shape index (κ2) is 7.24. The van der Waals surface area contributed by atoms with Crippen LogP contribution in [0.5, 0.6) is 0 Å². The summed E-state index contributed by atoms with van der Waals surface area (Å²) in [5.74, 6) is 2.61. The van der Waals surface area contributed by atoms with Crippen LogP contribution in [-0.4, -0.2) is 59.8 Å². The Bertz CT molecular complexity index is 248. The van der Waals surface area contributed by atoms with Crippen LogP contribution in [0.15, 0.2) is 0 Å². The second-order valence-electron chi connectivity index (χ2n) is 4.89. The van der Waals surface area contributed by atoms with Crippen LogP contribution in [0.3, 0.4) is 0 Å². The predicted octanol–water partition coefficient (Wildman–Crippen LogP) is 0.984. The van der Waals surface area contributed by atoms with Crippen molar-refractivity contribution in [1.29, 1.82) is 0 Å². The van der Waals surface area contributed by atoms with Crippen molar-refractivity contribution >= 4 is 17.7 Å². The third-order valence-electron chi connectivity index (χ3n) is 2.83. The predicted molar refractivity (Wildman–Crippen MR) is 70.2 cm³/mol. The lowest BCUT2D eigenvalue weighted by molar-refractivity contribution is -0.145.